The van der Waals surface area contributed by atoms with Gasteiger partial charge in [-0.2, -0.15) is 0 Å². The normalized spacial score (nSPS) is 10.9. The smallest absolute Gasteiger partial charge is 0.0705 e. The van der Waals surface area contributed by atoms with Crippen molar-refractivity contribution < 1.29 is 0 Å². The van der Waals surface area contributed by atoms with Crippen molar-refractivity contribution in [2.45, 2.75) is 13.0 Å². The number of benzene rings is 1. The summed E-state index contributed by atoms with van der Waals surface area (Å²) in [6.07, 6.45) is 0.884. The second-order valence-corrected chi connectivity index (χ2v) is 5.50. The van der Waals surface area contributed by atoms with E-state index in [0.717, 1.165) is 17.6 Å². The molecule has 0 aliphatic rings. The Balaban J connectivity index is 1.90. The summed E-state index contributed by atoms with van der Waals surface area (Å²) < 4.78 is 0. The van der Waals surface area contributed by atoms with E-state index in [1.807, 2.05) is 12.1 Å². The third-order valence-electron chi connectivity index (χ3n) is 2.93. The highest BCUT2D eigenvalue weighted by Gasteiger charge is 2.02. The van der Waals surface area contributed by atoms with Gasteiger partial charge in [0, 0.05) is 33.8 Å². The number of aromatic nitrogens is 1. The second kappa shape index (κ2) is 4.88. The van der Waals surface area contributed by atoms with Crippen molar-refractivity contribution in [3.05, 3.63) is 64.0 Å². The number of nitrogens with zero attached hydrogens (tertiary/aromatic N) is 1. The summed E-state index contributed by atoms with van der Waals surface area (Å²) in [7, 11) is 0. The molecule has 0 atom stereocenters. The van der Waals surface area contributed by atoms with E-state index in [2.05, 4.69) is 41.4 Å². The molecule has 0 bridgehead atoms. The summed E-state index contributed by atoms with van der Waals surface area (Å²) >= 11 is 1.77. The van der Waals surface area contributed by atoms with Gasteiger partial charge in [-0.25, -0.2) is 0 Å². The maximum absolute atomic E-state index is 5.63. The van der Waals surface area contributed by atoms with E-state index < -0.39 is 0 Å². The average molecular weight is 254 g/mol. The topological polar surface area (TPSA) is 38.9 Å². The highest BCUT2D eigenvalue weighted by Crippen LogP contribution is 2.20. The van der Waals surface area contributed by atoms with Crippen molar-refractivity contribution in [1.82, 2.24) is 4.98 Å². The molecule has 0 spiro atoms. The highest BCUT2D eigenvalue weighted by molar-refractivity contribution is 7.12. The molecule has 1 aromatic carbocycles. The zero-order valence-corrected chi connectivity index (χ0v) is 10.8. The molecule has 0 aliphatic heterocycles. The fraction of sp³-hybridized carbons (Fsp3) is 0.133. The first-order valence-corrected chi connectivity index (χ1v) is 6.79. The third-order valence-corrected chi connectivity index (χ3v) is 4.04. The van der Waals surface area contributed by atoms with E-state index >= 15 is 0 Å². The van der Waals surface area contributed by atoms with Crippen molar-refractivity contribution in [2.75, 3.05) is 0 Å². The first kappa shape index (κ1) is 11.4. The fourth-order valence-electron chi connectivity index (χ4n) is 2.01. The van der Waals surface area contributed by atoms with E-state index in [0.29, 0.717) is 6.54 Å². The Labute approximate surface area is 110 Å². The number of rotatable bonds is 3. The second-order valence-electron chi connectivity index (χ2n) is 4.24. The Morgan fingerprint density at radius 2 is 1.78 bits per heavy atom. The van der Waals surface area contributed by atoms with Gasteiger partial charge in [-0.3, -0.25) is 4.98 Å². The van der Waals surface area contributed by atoms with Crippen molar-refractivity contribution in [1.29, 1.82) is 0 Å². The molecule has 0 unspecified atom stereocenters. The molecule has 90 valence electrons. The molecule has 0 saturated carbocycles. The van der Waals surface area contributed by atoms with Gasteiger partial charge in [0.25, 0.3) is 0 Å². The number of para-hydroxylation sites is 1. The molecule has 0 aliphatic carbocycles. The summed E-state index contributed by atoms with van der Waals surface area (Å²) in [5.41, 5.74) is 7.80. The van der Waals surface area contributed by atoms with Crippen LogP contribution < -0.4 is 5.73 Å². The van der Waals surface area contributed by atoms with Crippen LogP contribution >= 0.6 is 11.3 Å². The number of nitrogens with two attached hydrogens (primary N) is 1. The van der Waals surface area contributed by atoms with Gasteiger partial charge in [-0.05, 0) is 24.3 Å². The molecule has 18 heavy (non-hydrogen) atoms. The van der Waals surface area contributed by atoms with Crippen LogP contribution in [0.4, 0.5) is 0 Å². The van der Waals surface area contributed by atoms with Crippen LogP contribution in [0, 0.1) is 0 Å². The van der Waals surface area contributed by atoms with E-state index in [4.69, 9.17) is 5.73 Å². The zero-order chi connectivity index (χ0) is 12.4. The van der Waals surface area contributed by atoms with Gasteiger partial charge in [0.1, 0.15) is 0 Å². The molecular formula is C15H14N2S. The predicted octanol–water partition coefficient (Wildman–Crippen LogP) is 3.35. The molecule has 0 fully saturated rings. The van der Waals surface area contributed by atoms with Crippen molar-refractivity contribution >= 4 is 22.2 Å². The van der Waals surface area contributed by atoms with E-state index in [1.165, 1.54) is 15.1 Å². The van der Waals surface area contributed by atoms with E-state index in [9.17, 15) is 0 Å². The lowest BCUT2D eigenvalue weighted by Gasteiger charge is -2.01. The lowest BCUT2D eigenvalue weighted by Crippen LogP contribution is -1.91. The van der Waals surface area contributed by atoms with Crippen LogP contribution in [0.15, 0.2) is 48.5 Å². The SMILES string of the molecule is NCc1ccc(Cc2ccc3ccccc3n2)s1. The van der Waals surface area contributed by atoms with Crippen LogP contribution in [0.1, 0.15) is 15.4 Å². The first-order chi connectivity index (χ1) is 8.85. The number of thiophene rings is 1. The van der Waals surface area contributed by atoms with Gasteiger partial charge < -0.3 is 5.73 Å². The van der Waals surface area contributed by atoms with E-state index in [-0.39, 0.29) is 0 Å². The van der Waals surface area contributed by atoms with Gasteiger partial charge in [-0.1, -0.05) is 24.3 Å². The molecule has 0 saturated heterocycles. The molecule has 0 amide bonds. The Morgan fingerprint density at radius 3 is 2.61 bits per heavy atom. The van der Waals surface area contributed by atoms with Crippen LogP contribution in [0.5, 0.6) is 0 Å². The monoisotopic (exact) mass is 254 g/mol. The van der Waals surface area contributed by atoms with Crippen LogP contribution in [-0.4, -0.2) is 4.98 Å². The fourth-order valence-corrected chi connectivity index (χ4v) is 2.92. The average Bonchev–Trinajstić information content (AvgIpc) is 2.86. The zero-order valence-electron chi connectivity index (χ0n) is 9.97. The lowest BCUT2D eigenvalue weighted by atomic mass is 10.1. The van der Waals surface area contributed by atoms with Crippen molar-refractivity contribution in [3.8, 4) is 0 Å². The Morgan fingerprint density at radius 1 is 0.944 bits per heavy atom. The molecule has 3 aromatic rings. The standard InChI is InChI=1S/C15H14N2S/c16-10-14-8-7-13(18-14)9-12-6-5-11-3-1-2-4-15(11)17-12/h1-8H,9-10,16H2. The maximum Gasteiger partial charge on any atom is 0.0705 e. The first-order valence-electron chi connectivity index (χ1n) is 5.97. The minimum Gasteiger partial charge on any atom is -0.326 e. The van der Waals surface area contributed by atoms with Crippen molar-refractivity contribution in [3.63, 3.8) is 0 Å². The molecule has 2 nitrogen and oxygen atoms in total. The van der Waals surface area contributed by atoms with E-state index in [1.54, 1.807) is 11.3 Å². The quantitative estimate of drug-likeness (QED) is 0.778. The van der Waals surface area contributed by atoms with Gasteiger partial charge >= 0.3 is 0 Å². The third kappa shape index (κ3) is 2.28. The summed E-state index contributed by atoms with van der Waals surface area (Å²) in [6.45, 7) is 0.621. The van der Waals surface area contributed by atoms with Gasteiger partial charge in [0.05, 0.1) is 5.52 Å². The van der Waals surface area contributed by atoms with Gasteiger partial charge in [-0.15, -0.1) is 11.3 Å². The molecule has 3 rings (SSSR count). The largest absolute Gasteiger partial charge is 0.326 e. The summed E-state index contributed by atoms with van der Waals surface area (Å²) in [5.74, 6) is 0. The Bertz CT molecular complexity index is 673. The van der Waals surface area contributed by atoms with Crippen LogP contribution in [-0.2, 0) is 13.0 Å². The number of hydrogen-bond donors (Lipinski definition) is 1. The number of hydrogen-bond acceptors (Lipinski definition) is 3. The van der Waals surface area contributed by atoms with Gasteiger partial charge in [0.2, 0.25) is 0 Å². The lowest BCUT2D eigenvalue weighted by molar-refractivity contribution is 1.11. The Hall–Kier alpha value is -1.71. The Kier molecular flexibility index (Phi) is 3.09. The summed E-state index contributed by atoms with van der Waals surface area (Å²) in [5, 5.41) is 1.19. The molecule has 2 heterocycles. The molecule has 2 N–H and O–H groups in total. The summed E-state index contributed by atoms with van der Waals surface area (Å²) in [4.78, 5) is 7.23. The number of fused-ring (bicyclic) bond motifs is 1. The van der Waals surface area contributed by atoms with Crippen molar-refractivity contribution in [2.24, 2.45) is 5.73 Å². The minimum atomic E-state index is 0.621. The highest BCUT2D eigenvalue weighted by atomic mass is 32.1. The predicted molar refractivity (Wildman–Crippen MR) is 76.8 cm³/mol. The molecule has 0 radical (unpaired) electrons. The molecular weight excluding hydrogens is 240 g/mol. The van der Waals surface area contributed by atoms with Gasteiger partial charge in [0.15, 0.2) is 0 Å². The molecule has 2 aromatic heterocycles. The minimum absolute atomic E-state index is 0.621. The van der Waals surface area contributed by atoms with Crippen LogP contribution in [0.25, 0.3) is 10.9 Å². The molecule has 3 heteroatoms. The van der Waals surface area contributed by atoms with Crippen LogP contribution in [0.2, 0.25) is 0 Å². The number of pyridine rings is 1. The van der Waals surface area contributed by atoms with Crippen LogP contribution in [0.3, 0.4) is 0 Å². The summed E-state index contributed by atoms with van der Waals surface area (Å²) in [6, 6.07) is 16.7. The maximum atomic E-state index is 5.63.